The number of unbranched alkanes of at least 4 members (excludes halogenated alkanes) is 4. The van der Waals surface area contributed by atoms with E-state index in [1.54, 1.807) is 0 Å². The molecule has 1 rings (SSSR count). The summed E-state index contributed by atoms with van der Waals surface area (Å²) in [6.45, 7) is 6.12. The molecule has 0 aromatic heterocycles. The first-order valence-corrected chi connectivity index (χ1v) is 8.53. The zero-order valence-electron chi connectivity index (χ0n) is 12.7. The minimum Gasteiger partial charge on any atom is -0.339 e. The van der Waals surface area contributed by atoms with Gasteiger partial charge in [-0.2, -0.15) is 0 Å². The summed E-state index contributed by atoms with van der Waals surface area (Å²) in [7, 11) is 0. The number of carbonyl (C=O) groups is 1. The number of amides is 1. The molecule has 2 nitrogen and oxygen atoms in total. The van der Waals surface area contributed by atoms with Crippen LogP contribution in [0.4, 0.5) is 0 Å². The molecule has 0 saturated heterocycles. The molecule has 3 heteroatoms. The first-order valence-electron chi connectivity index (χ1n) is 7.73. The Labute approximate surface area is 131 Å². The second kappa shape index (κ2) is 9.98. The summed E-state index contributed by atoms with van der Waals surface area (Å²) in [6, 6.07) is 7.69. The van der Waals surface area contributed by atoms with Gasteiger partial charge in [0.15, 0.2) is 0 Å². The molecule has 0 aliphatic carbocycles. The SMILES string of the molecule is CCCCCCN(CCCC)C(=O)c1cccc(Br)c1. The molecule has 0 radical (unpaired) electrons. The van der Waals surface area contributed by atoms with Crippen LogP contribution in [-0.4, -0.2) is 23.9 Å². The second-order valence-corrected chi connectivity index (χ2v) is 6.13. The van der Waals surface area contributed by atoms with Gasteiger partial charge in [-0.05, 0) is 31.0 Å². The fraction of sp³-hybridized carbons (Fsp3) is 0.588. The topological polar surface area (TPSA) is 20.3 Å². The fourth-order valence-corrected chi connectivity index (χ4v) is 2.60. The Morgan fingerprint density at radius 2 is 1.75 bits per heavy atom. The molecule has 20 heavy (non-hydrogen) atoms. The van der Waals surface area contributed by atoms with E-state index in [1.165, 1.54) is 19.3 Å². The summed E-state index contributed by atoms with van der Waals surface area (Å²) in [4.78, 5) is 14.6. The fourth-order valence-electron chi connectivity index (χ4n) is 2.20. The van der Waals surface area contributed by atoms with Crippen LogP contribution in [0.15, 0.2) is 28.7 Å². The van der Waals surface area contributed by atoms with E-state index in [2.05, 4.69) is 29.8 Å². The second-order valence-electron chi connectivity index (χ2n) is 5.22. The molecule has 0 aliphatic rings. The van der Waals surface area contributed by atoms with Crippen molar-refractivity contribution in [3.63, 3.8) is 0 Å². The molecule has 0 spiro atoms. The largest absolute Gasteiger partial charge is 0.339 e. The van der Waals surface area contributed by atoms with E-state index < -0.39 is 0 Å². The zero-order valence-corrected chi connectivity index (χ0v) is 14.3. The van der Waals surface area contributed by atoms with Gasteiger partial charge in [0.2, 0.25) is 0 Å². The Morgan fingerprint density at radius 3 is 2.40 bits per heavy atom. The van der Waals surface area contributed by atoms with Crippen molar-refractivity contribution in [3.8, 4) is 0 Å². The number of hydrogen-bond donors (Lipinski definition) is 0. The predicted octanol–water partition coefficient (Wildman–Crippen LogP) is 5.27. The number of hydrogen-bond acceptors (Lipinski definition) is 1. The highest BCUT2D eigenvalue weighted by Crippen LogP contribution is 2.14. The third kappa shape index (κ3) is 6.08. The number of rotatable bonds is 9. The van der Waals surface area contributed by atoms with Gasteiger partial charge in [0.1, 0.15) is 0 Å². The van der Waals surface area contributed by atoms with Gasteiger partial charge in [0.25, 0.3) is 5.91 Å². The third-order valence-electron chi connectivity index (χ3n) is 3.42. The molecular formula is C17H26BrNO. The van der Waals surface area contributed by atoms with Crippen LogP contribution in [0.2, 0.25) is 0 Å². The van der Waals surface area contributed by atoms with Gasteiger partial charge in [-0.3, -0.25) is 4.79 Å². The van der Waals surface area contributed by atoms with Crippen molar-refractivity contribution in [2.45, 2.75) is 52.4 Å². The summed E-state index contributed by atoms with van der Waals surface area (Å²) in [6.07, 6.45) is 7.01. The van der Waals surface area contributed by atoms with Crippen LogP contribution in [0.3, 0.4) is 0 Å². The van der Waals surface area contributed by atoms with E-state index in [1.807, 2.05) is 29.2 Å². The highest BCUT2D eigenvalue weighted by atomic mass is 79.9. The minimum atomic E-state index is 0.163. The van der Waals surface area contributed by atoms with Crippen molar-refractivity contribution in [3.05, 3.63) is 34.3 Å². The van der Waals surface area contributed by atoms with E-state index in [0.717, 1.165) is 42.4 Å². The van der Waals surface area contributed by atoms with Gasteiger partial charge in [-0.25, -0.2) is 0 Å². The number of benzene rings is 1. The van der Waals surface area contributed by atoms with Gasteiger partial charge in [-0.1, -0.05) is 61.5 Å². The summed E-state index contributed by atoms with van der Waals surface area (Å²) in [5.41, 5.74) is 0.783. The van der Waals surface area contributed by atoms with Gasteiger partial charge < -0.3 is 4.90 Å². The Kier molecular flexibility index (Phi) is 8.59. The Bertz CT molecular complexity index is 406. The number of nitrogens with zero attached hydrogens (tertiary/aromatic N) is 1. The first kappa shape index (κ1) is 17.2. The summed E-state index contributed by atoms with van der Waals surface area (Å²) in [5, 5.41) is 0. The molecule has 0 fully saturated rings. The average Bonchev–Trinajstić information content (AvgIpc) is 2.46. The maximum absolute atomic E-state index is 12.6. The van der Waals surface area contributed by atoms with Crippen molar-refractivity contribution in [1.29, 1.82) is 0 Å². The number of carbonyl (C=O) groups excluding carboxylic acids is 1. The molecule has 0 saturated carbocycles. The van der Waals surface area contributed by atoms with Crippen LogP contribution >= 0.6 is 15.9 Å². The molecule has 0 bridgehead atoms. The van der Waals surface area contributed by atoms with Crippen LogP contribution in [-0.2, 0) is 0 Å². The normalized spacial score (nSPS) is 10.6. The number of halogens is 1. The minimum absolute atomic E-state index is 0.163. The standard InChI is InChI=1S/C17H26BrNO/c1-3-5-7-8-13-19(12-6-4-2)17(20)15-10-9-11-16(18)14-15/h9-11,14H,3-8,12-13H2,1-2H3. The molecule has 0 heterocycles. The van der Waals surface area contributed by atoms with Crippen molar-refractivity contribution < 1.29 is 4.79 Å². The third-order valence-corrected chi connectivity index (χ3v) is 3.92. The van der Waals surface area contributed by atoms with Gasteiger partial charge in [0, 0.05) is 23.1 Å². The Morgan fingerprint density at radius 1 is 1.05 bits per heavy atom. The van der Waals surface area contributed by atoms with E-state index >= 15 is 0 Å². The molecule has 0 atom stereocenters. The molecule has 1 aromatic rings. The van der Waals surface area contributed by atoms with Crippen LogP contribution in [0.25, 0.3) is 0 Å². The van der Waals surface area contributed by atoms with Crippen molar-refractivity contribution in [1.82, 2.24) is 4.90 Å². The summed E-state index contributed by atoms with van der Waals surface area (Å²) >= 11 is 3.43. The summed E-state index contributed by atoms with van der Waals surface area (Å²) in [5.74, 6) is 0.163. The molecular weight excluding hydrogens is 314 g/mol. The van der Waals surface area contributed by atoms with Crippen LogP contribution in [0.1, 0.15) is 62.7 Å². The van der Waals surface area contributed by atoms with Gasteiger partial charge >= 0.3 is 0 Å². The maximum Gasteiger partial charge on any atom is 0.253 e. The van der Waals surface area contributed by atoms with Gasteiger partial charge in [0.05, 0.1) is 0 Å². The average molecular weight is 340 g/mol. The smallest absolute Gasteiger partial charge is 0.253 e. The lowest BCUT2D eigenvalue weighted by Gasteiger charge is -2.23. The predicted molar refractivity (Wildman–Crippen MR) is 89.1 cm³/mol. The summed E-state index contributed by atoms with van der Waals surface area (Å²) < 4.78 is 0.963. The zero-order chi connectivity index (χ0) is 14.8. The molecule has 0 aliphatic heterocycles. The molecule has 0 unspecified atom stereocenters. The van der Waals surface area contributed by atoms with E-state index in [-0.39, 0.29) is 5.91 Å². The van der Waals surface area contributed by atoms with E-state index in [9.17, 15) is 4.79 Å². The lowest BCUT2D eigenvalue weighted by atomic mass is 10.1. The first-order chi connectivity index (χ1) is 9.69. The van der Waals surface area contributed by atoms with Crippen LogP contribution < -0.4 is 0 Å². The molecule has 112 valence electrons. The monoisotopic (exact) mass is 339 g/mol. The lowest BCUT2D eigenvalue weighted by Crippen LogP contribution is -2.33. The van der Waals surface area contributed by atoms with E-state index in [0.29, 0.717) is 0 Å². The highest BCUT2D eigenvalue weighted by molar-refractivity contribution is 9.10. The van der Waals surface area contributed by atoms with Crippen LogP contribution in [0.5, 0.6) is 0 Å². The van der Waals surface area contributed by atoms with Crippen molar-refractivity contribution >= 4 is 21.8 Å². The molecule has 1 aromatic carbocycles. The molecule has 1 amide bonds. The lowest BCUT2D eigenvalue weighted by molar-refractivity contribution is 0.0750. The van der Waals surface area contributed by atoms with Crippen LogP contribution in [0, 0.1) is 0 Å². The Hall–Kier alpha value is -0.830. The van der Waals surface area contributed by atoms with Crippen molar-refractivity contribution in [2.75, 3.05) is 13.1 Å². The maximum atomic E-state index is 12.6. The van der Waals surface area contributed by atoms with Gasteiger partial charge in [-0.15, -0.1) is 0 Å². The Balaban J connectivity index is 2.63. The highest BCUT2D eigenvalue weighted by Gasteiger charge is 2.14. The van der Waals surface area contributed by atoms with Crippen molar-refractivity contribution in [2.24, 2.45) is 0 Å². The van der Waals surface area contributed by atoms with E-state index in [4.69, 9.17) is 0 Å². The molecule has 0 N–H and O–H groups in total. The quantitative estimate of drug-likeness (QED) is 0.561.